The van der Waals surface area contributed by atoms with Crippen molar-refractivity contribution >= 4 is 29.2 Å². The molecule has 0 aliphatic carbocycles. The maximum atomic E-state index is 12.7. The highest BCUT2D eigenvalue weighted by molar-refractivity contribution is 6.30. The van der Waals surface area contributed by atoms with Gasteiger partial charge in [-0.2, -0.15) is 0 Å². The molecule has 8 heteroatoms. The van der Waals surface area contributed by atoms with Crippen molar-refractivity contribution in [3.63, 3.8) is 0 Å². The van der Waals surface area contributed by atoms with E-state index in [0.29, 0.717) is 42.3 Å². The summed E-state index contributed by atoms with van der Waals surface area (Å²) in [6, 6.07) is 11.3. The number of benzene rings is 1. The van der Waals surface area contributed by atoms with Gasteiger partial charge in [-0.3, -0.25) is 0 Å². The van der Waals surface area contributed by atoms with E-state index in [4.69, 9.17) is 27.9 Å². The zero-order chi connectivity index (χ0) is 21.1. The quantitative estimate of drug-likeness (QED) is 0.700. The van der Waals surface area contributed by atoms with Gasteiger partial charge in [0.2, 0.25) is 0 Å². The molecule has 1 atom stereocenters. The van der Waals surface area contributed by atoms with Gasteiger partial charge in [-0.15, -0.1) is 0 Å². The number of amides is 2. The van der Waals surface area contributed by atoms with E-state index in [2.05, 4.69) is 4.98 Å². The van der Waals surface area contributed by atoms with Gasteiger partial charge < -0.3 is 19.6 Å². The molecule has 0 radical (unpaired) electrons. The minimum Gasteiger partial charge on any atom is -0.396 e. The topological polar surface area (TPSA) is 65.9 Å². The Morgan fingerprint density at radius 1 is 1.13 bits per heavy atom. The first-order chi connectivity index (χ1) is 14.5. The molecule has 0 bridgehead atoms. The molecule has 0 saturated carbocycles. The van der Waals surface area contributed by atoms with Crippen molar-refractivity contribution in [2.24, 2.45) is 5.92 Å². The minimum absolute atomic E-state index is 0.0497. The number of likely N-dealkylation sites (tertiary alicyclic amines) is 2. The van der Waals surface area contributed by atoms with Gasteiger partial charge in [0.05, 0.1) is 19.2 Å². The van der Waals surface area contributed by atoms with E-state index in [1.54, 1.807) is 6.20 Å². The number of nitrogens with zero attached hydrogens (tertiary/aromatic N) is 3. The second-order valence-corrected chi connectivity index (χ2v) is 8.67. The summed E-state index contributed by atoms with van der Waals surface area (Å²) in [7, 11) is 0. The van der Waals surface area contributed by atoms with Crippen LogP contribution in [-0.4, -0.2) is 64.8 Å². The maximum Gasteiger partial charge on any atom is 0.320 e. The monoisotopic (exact) mass is 449 g/mol. The highest BCUT2D eigenvalue weighted by Gasteiger charge is 2.37. The van der Waals surface area contributed by atoms with Gasteiger partial charge in [0.25, 0.3) is 0 Å². The predicted molar refractivity (Wildman–Crippen MR) is 116 cm³/mol. The van der Waals surface area contributed by atoms with E-state index < -0.39 is 0 Å². The fourth-order valence-corrected chi connectivity index (χ4v) is 4.29. The third kappa shape index (κ3) is 4.72. The van der Waals surface area contributed by atoms with E-state index in [1.165, 1.54) is 0 Å². The summed E-state index contributed by atoms with van der Waals surface area (Å²) in [4.78, 5) is 20.6. The van der Waals surface area contributed by atoms with Crippen molar-refractivity contribution in [3.8, 4) is 0 Å². The van der Waals surface area contributed by atoms with Crippen molar-refractivity contribution in [2.45, 2.75) is 25.0 Å². The van der Waals surface area contributed by atoms with Gasteiger partial charge in [0.1, 0.15) is 11.3 Å². The van der Waals surface area contributed by atoms with Crippen LogP contribution in [0.15, 0.2) is 42.6 Å². The Bertz CT molecular complexity index is 866. The molecule has 2 aliphatic rings. The average Bonchev–Trinajstić information content (AvgIpc) is 2.74. The predicted octanol–water partition coefficient (Wildman–Crippen LogP) is 4.00. The highest BCUT2D eigenvalue weighted by Crippen LogP contribution is 2.34. The third-order valence-corrected chi connectivity index (χ3v) is 6.40. The summed E-state index contributed by atoms with van der Waals surface area (Å²) in [5.74, 6) is 0.311. The molecule has 2 aliphatic heterocycles. The van der Waals surface area contributed by atoms with Crippen molar-refractivity contribution in [2.75, 3.05) is 32.8 Å². The lowest BCUT2D eigenvalue weighted by Crippen LogP contribution is -2.59. The van der Waals surface area contributed by atoms with Gasteiger partial charge in [0, 0.05) is 36.5 Å². The smallest absolute Gasteiger partial charge is 0.320 e. The van der Waals surface area contributed by atoms with Crippen LogP contribution in [-0.2, 0) is 4.74 Å². The van der Waals surface area contributed by atoms with Crippen LogP contribution >= 0.6 is 23.2 Å². The molecule has 2 aromatic rings. The normalized spacial score (nSPS) is 18.9. The van der Waals surface area contributed by atoms with Crippen molar-refractivity contribution in [1.29, 1.82) is 0 Å². The first-order valence-electron chi connectivity index (χ1n) is 10.2. The second-order valence-electron chi connectivity index (χ2n) is 7.87. The molecular formula is C22H25Cl2N3O3. The molecule has 2 saturated heterocycles. The average molecular weight is 450 g/mol. The van der Waals surface area contributed by atoms with Gasteiger partial charge in [-0.05, 0) is 42.5 Å². The van der Waals surface area contributed by atoms with Crippen LogP contribution in [0.2, 0.25) is 10.2 Å². The number of carbonyl (C=O) groups is 1. The number of hydrogen-bond donors (Lipinski definition) is 1. The summed E-state index contributed by atoms with van der Waals surface area (Å²) in [6.07, 6.45) is 2.89. The summed E-state index contributed by atoms with van der Waals surface area (Å²) in [5.41, 5.74) is 1.72. The summed E-state index contributed by atoms with van der Waals surface area (Å²) in [6.45, 7) is 2.68. The molecule has 0 spiro atoms. The van der Waals surface area contributed by atoms with Crippen molar-refractivity contribution in [1.82, 2.24) is 14.8 Å². The number of ether oxygens (including phenoxy) is 1. The highest BCUT2D eigenvalue weighted by atomic mass is 35.5. The standard InChI is InChI=1S/C22H25Cl2N3O3/c23-17-5-3-16(4-6-17)20(19-2-1-9-25-21(19)24)30-18-12-27(13-18)22(29)26-10-7-15(14-28)8-11-26/h1-6,9,15,18,20,28H,7-8,10-14H2. The fraction of sp³-hybridized carbons (Fsp3) is 0.455. The molecule has 6 nitrogen and oxygen atoms in total. The molecule has 1 unspecified atom stereocenters. The molecule has 3 heterocycles. The van der Waals surface area contributed by atoms with E-state index >= 15 is 0 Å². The van der Waals surface area contributed by atoms with Crippen LogP contribution in [0, 0.1) is 5.92 Å². The lowest BCUT2D eigenvalue weighted by molar-refractivity contribution is -0.0696. The molecule has 4 rings (SSSR count). The molecular weight excluding hydrogens is 425 g/mol. The zero-order valence-electron chi connectivity index (χ0n) is 16.6. The Morgan fingerprint density at radius 3 is 2.47 bits per heavy atom. The number of aliphatic hydroxyl groups excluding tert-OH is 1. The van der Waals surface area contributed by atoms with E-state index in [9.17, 15) is 9.90 Å². The van der Waals surface area contributed by atoms with E-state index in [-0.39, 0.29) is 24.8 Å². The van der Waals surface area contributed by atoms with Crippen LogP contribution in [0.4, 0.5) is 4.79 Å². The number of halogens is 2. The Labute approximate surface area is 186 Å². The number of hydrogen-bond acceptors (Lipinski definition) is 4. The van der Waals surface area contributed by atoms with Gasteiger partial charge in [0.15, 0.2) is 0 Å². The zero-order valence-corrected chi connectivity index (χ0v) is 18.1. The van der Waals surface area contributed by atoms with Crippen LogP contribution in [0.5, 0.6) is 0 Å². The van der Waals surface area contributed by atoms with E-state index in [0.717, 1.165) is 24.0 Å². The van der Waals surface area contributed by atoms with Gasteiger partial charge in [-0.1, -0.05) is 41.4 Å². The number of piperidine rings is 1. The molecule has 1 aromatic heterocycles. The number of urea groups is 1. The Balaban J connectivity index is 1.40. The Hall–Kier alpha value is -1.86. The second kappa shape index (κ2) is 9.52. The molecule has 30 heavy (non-hydrogen) atoms. The minimum atomic E-state index is -0.383. The van der Waals surface area contributed by atoms with Crippen LogP contribution in [0.25, 0.3) is 0 Å². The first kappa shape index (κ1) is 21.4. The van der Waals surface area contributed by atoms with Crippen LogP contribution in [0.3, 0.4) is 0 Å². The summed E-state index contributed by atoms with van der Waals surface area (Å²) >= 11 is 12.4. The number of rotatable bonds is 5. The molecule has 2 amide bonds. The summed E-state index contributed by atoms with van der Waals surface area (Å²) < 4.78 is 6.37. The Kier molecular flexibility index (Phi) is 6.78. The van der Waals surface area contributed by atoms with Crippen molar-refractivity contribution < 1.29 is 14.6 Å². The van der Waals surface area contributed by atoms with Gasteiger partial charge >= 0.3 is 6.03 Å². The molecule has 2 fully saturated rings. The molecule has 1 aromatic carbocycles. The SMILES string of the molecule is O=C(N1CCC(CO)CC1)N1CC(OC(c2ccc(Cl)cc2)c2cccnc2Cl)C1. The number of aliphatic hydroxyl groups is 1. The lowest BCUT2D eigenvalue weighted by Gasteiger charge is -2.44. The van der Waals surface area contributed by atoms with Crippen LogP contribution < -0.4 is 0 Å². The molecule has 160 valence electrons. The van der Waals surface area contributed by atoms with Crippen molar-refractivity contribution in [3.05, 3.63) is 63.9 Å². The number of carbonyl (C=O) groups excluding carboxylic acids is 1. The lowest BCUT2D eigenvalue weighted by atomic mass is 9.98. The third-order valence-electron chi connectivity index (χ3n) is 5.83. The summed E-state index contributed by atoms with van der Waals surface area (Å²) in [5, 5.41) is 10.3. The number of pyridine rings is 1. The largest absolute Gasteiger partial charge is 0.396 e. The molecule has 1 N–H and O–H groups in total. The van der Waals surface area contributed by atoms with Crippen LogP contribution in [0.1, 0.15) is 30.1 Å². The first-order valence-corrected chi connectivity index (χ1v) is 11.0. The fourth-order valence-electron chi connectivity index (χ4n) is 3.94. The Morgan fingerprint density at radius 2 is 1.83 bits per heavy atom. The van der Waals surface area contributed by atoms with E-state index in [1.807, 2.05) is 46.2 Å². The number of aromatic nitrogens is 1. The van der Waals surface area contributed by atoms with Gasteiger partial charge in [-0.25, -0.2) is 9.78 Å². The maximum absolute atomic E-state index is 12.7.